The van der Waals surface area contributed by atoms with E-state index in [1.165, 1.54) is 32.1 Å². The number of rotatable bonds is 3. The third-order valence-corrected chi connectivity index (χ3v) is 3.34. The molecular weight excluding hydrogens is 178 g/mol. The summed E-state index contributed by atoms with van der Waals surface area (Å²) in [5.74, 6) is 2.64. The maximum absolute atomic E-state index is 6.05. The first-order valence-corrected chi connectivity index (χ1v) is 5.43. The lowest BCUT2D eigenvalue weighted by Crippen LogP contribution is -2.27. The van der Waals surface area contributed by atoms with Crippen molar-refractivity contribution in [2.75, 3.05) is 0 Å². The highest BCUT2D eigenvalue weighted by molar-refractivity contribution is 5.05. The summed E-state index contributed by atoms with van der Waals surface area (Å²) in [4.78, 5) is 4.37. The van der Waals surface area contributed by atoms with Gasteiger partial charge in [0.05, 0.1) is 6.04 Å². The molecule has 0 spiro atoms. The average molecular weight is 193 g/mol. The molecule has 0 amide bonds. The SMILES string of the molecule is NC(c1noc(C2CC2)n1)C1CCC1. The Hall–Kier alpha value is -0.900. The van der Waals surface area contributed by atoms with Crippen molar-refractivity contribution in [3.05, 3.63) is 11.7 Å². The van der Waals surface area contributed by atoms with Gasteiger partial charge in [0.1, 0.15) is 0 Å². The second kappa shape index (κ2) is 3.05. The minimum absolute atomic E-state index is 0.000000000000000222. The van der Waals surface area contributed by atoms with Crippen LogP contribution in [-0.4, -0.2) is 10.1 Å². The van der Waals surface area contributed by atoms with Gasteiger partial charge in [0.15, 0.2) is 5.82 Å². The van der Waals surface area contributed by atoms with Gasteiger partial charge in [0.25, 0.3) is 0 Å². The third-order valence-electron chi connectivity index (χ3n) is 3.34. The van der Waals surface area contributed by atoms with Crippen LogP contribution < -0.4 is 5.73 Å². The molecule has 3 rings (SSSR count). The summed E-state index contributed by atoms with van der Waals surface area (Å²) in [7, 11) is 0. The molecule has 1 aromatic rings. The van der Waals surface area contributed by atoms with Crippen molar-refractivity contribution in [2.24, 2.45) is 11.7 Å². The minimum Gasteiger partial charge on any atom is -0.339 e. The van der Waals surface area contributed by atoms with Crippen molar-refractivity contribution in [1.82, 2.24) is 10.1 Å². The molecule has 2 aliphatic carbocycles. The van der Waals surface area contributed by atoms with Crippen molar-refractivity contribution in [3.8, 4) is 0 Å². The molecule has 1 aromatic heterocycles. The Labute approximate surface area is 82.9 Å². The molecule has 0 aliphatic heterocycles. The van der Waals surface area contributed by atoms with E-state index in [4.69, 9.17) is 10.3 Å². The third kappa shape index (κ3) is 1.34. The number of hydrogen-bond acceptors (Lipinski definition) is 4. The van der Waals surface area contributed by atoms with Crippen molar-refractivity contribution in [2.45, 2.75) is 44.1 Å². The van der Waals surface area contributed by atoms with Crippen LogP contribution in [0.3, 0.4) is 0 Å². The normalized spacial score (nSPS) is 24.6. The van der Waals surface area contributed by atoms with Gasteiger partial charge in [-0.05, 0) is 31.6 Å². The maximum atomic E-state index is 6.05. The zero-order chi connectivity index (χ0) is 9.54. The van der Waals surface area contributed by atoms with E-state index in [0.717, 1.165) is 11.7 Å². The molecular formula is C10H15N3O. The Kier molecular flexibility index (Phi) is 1.83. The molecule has 4 heteroatoms. The second-order valence-electron chi connectivity index (χ2n) is 4.48. The van der Waals surface area contributed by atoms with Gasteiger partial charge in [-0.1, -0.05) is 11.6 Å². The summed E-state index contributed by atoms with van der Waals surface area (Å²) >= 11 is 0. The van der Waals surface area contributed by atoms with Crippen LogP contribution in [0.15, 0.2) is 4.52 Å². The lowest BCUT2D eigenvalue weighted by molar-refractivity contribution is 0.252. The van der Waals surface area contributed by atoms with Crippen LogP contribution in [0.4, 0.5) is 0 Å². The molecule has 0 saturated heterocycles. The van der Waals surface area contributed by atoms with E-state index in [1.807, 2.05) is 0 Å². The van der Waals surface area contributed by atoms with Gasteiger partial charge in [-0.3, -0.25) is 0 Å². The molecule has 0 bridgehead atoms. The highest BCUT2D eigenvalue weighted by atomic mass is 16.5. The first-order chi connectivity index (χ1) is 6.84. The number of nitrogens with zero attached hydrogens (tertiary/aromatic N) is 2. The van der Waals surface area contributed by atoms with Gasteiger partial charge in [-0.15, -0.1) is 0 Å². The Bertz CT molecular complexity index is 328. The second-order valence-corrected chi connectivity index (χ2v) is 4.48. The number of nitrogens with two attached hydrogens (primary N) is 1. The molecule has 2 aliphatic rings. The molecule has 0 aromatic carbocycles. The summed E-state index contributed by atoms with van der Waals surface area (Å²) in [6, 6.07) is -0.000000000000000222. The zero-order valence-electron chi connectivity index (χ0n) is 8.15. The predicted molar refractivity (Wildman–Crippen MR) is 50.5 cm³/mol. The van der Waals surface area contributed by atoms with Crippen molar-refractivity contribution in [3.63, 3.8) is 0 Å². The largest absolute Gasteiger partial charge is 0.339 e. The fourth-order valence-corrected chi connectivity index (χ4v) is 1.89. The van der Waals surface area contributed by atoms with Crippen LogP contribution in [0.1, 0.15) is 55.8 Å². The van der Waals surface area contributed by atoms with Crippen molar-refractivity contribution in [1.29, 1.82) is 0 Å². The molecule has 76 valence electrons. The zero-order valence-corrected chi connectivity index (χ0v) is 8.15. The van der Waals surface area contributed by atoms with Gasteiger partial charge in [-0.25, -0.2) is 0 Å². The van der Waals surface area contributed by atoms with Crippen LogP contribution >= 0.6 is 0 Å². The van der Waals surface area contributed by atoms with Gasteiger partial charge >= 0.3 is 0 Å². The molecule has 2 saturated carbocycles. The lowest BCUT2D eigenvalue weighted by Gasteiger charge is -2.28. The first kappa shape index (κ1) is 8.41. The molecule has 4 nitrogen and oxygen atoms in total. The Balaban J connectivity index is 1.74. The molecule has 1 heterocycles. The van der Waals surface area contributed by atoms with Crippen LogP contribution in [0.5, 0.6) is 0 Å². The van der Waals surface area contributed by atoms with Crippen molar-refractivity contribution >= 4 is 0 Å². The van der Waals surface area contributed by atoms with Crippen LogP contribution in [0, 0.1) is 5.92 Å². The molecule has 2 N–H and O–H groups in total. The number of aromatic nitrogens is 2. The first-order valence-electron chi connectivity index (χ1n) is 5.43. The van der Waals surface area contributed by atoms with Gasteiger partial charge in [0.2, 0.25) is 5.89 Å². The van der Waals surface area contributed by atoms with Gasteiger partial charge in [-0.2, -0.15) is 4.98 Å². The van der Waals surface area contributed by atoms with E-state index >= 15 is 0 Å². The summed E-state index contributed by atoms with van der Waals surface area (Å²) in [6.07, 6.45) is 6.12. The smallest absolute Gasteiger partial charge is 0.229 e. The standard InChI is InChI=1S/C10H15N3O/c11-8(6-2-1-3-6)9-12-10(14-13-9)7-4-5-7/h6-8H,1-5,11H2. The van der Waals surface area contributed by atoms with Crippen LogP contribution in [-0.2, 0) is 0 Å². The van der Waals surface area contributed by atoms with E-state index in [2.05, 4.69) is 10.1 Å². The van der Waals surface area contributed by atoms with Gasteiger partial charge in [0, 0.05) is 5.92 Å². The molecule has 1 atom stereocenters. The highest BCUT2D eigenvalue weighted by Crippen LogP contribution is 2.40. The number of hydrogen-bond donors (Lipinski definition) is 1. The van der Waals surface area contributed by atoms with Gasteiger partial charge < -0.3 is 10.3 Å². The van der Waals surface area contributed by atoms with E-state index in [0.29, 0.717) is 11.8 Å². The fraction of sp³-hybridized carbons (Fsp3) is 0.800. The quantitative estimate of drug-likeness (QED) is 0.794. The highest BCUT2D eigenvalue weighted by Gasteiger charge is 2.33. The lowest BCUT2D eigenvalue weighted by atomic mass is 9.80. The van der Waals surface area contributed by atoms with Crippen LogP contribution in [0.2, 0.25) is 0 Å². The van der Waals surface area contributed by atoms with Crippen molar-refractivity contribution < 1.29 is 4.52 Å². The monoisotopic (exact) mass is 193 g/mol. The summed E-state index contributed by atoms with van der Waals surface area (Å²) in [6.45, 7) is 0. The maximum Gasteiger partial charge on any atom is 0.229 e. The average Bonchev–Trinajstić information content (AvgIpc) is 2.81. The fourth-order valence-electron chi connectivity index (χ4n) is 1.89. The minimum atomic E-state index is -0.000000000000000222. The Morgan fingerprint density at radius 3 is 2.64 bits per heavy atom. The summed E-state index contributed by atoms with van der Waals surface area (Å²) in [5.41, 5.74) is 6.05. The van der Waals surface area contributed by atoms with E-state index in [1.54, 1.807) is 0 Å². The molecule has 2 fully saturated rings. The van der Waals surface area contributed by atoms with E-state index in [-0.39, 0.29) is 6.04 Å². The van der Waals surface area contributed by atoms with E-state index in [9.17, 15) is 0 Å². The van der Waals surface area contributed by atoms with Crippen LogP contribution in [0.25, 0.3) is 0 Å². The topological polar surface area (TPSA) is 64.9 Å². The molecule has 0 radical (unpaired) electrons. The summed E-state index contributed by atoms with van der Waals surface area (Å²) < 4.78 is 5.19. The summed E-state index contributed by atoms with van der Waals surface area (Å²) in [5, 5.41) is 3.97. The predicted octanol–water partition coefficient (Wildman–Crippen LogP) is 1.75. The Morgan fingerprint density at radius 2 is 2.07 bits per heavy atom. The molecule has 14 heavy (non-hydrogen) atoms. The van der Waals surface area contributed by atoms with E-state index < -0.39 is 0 Å². The Morgan fingerprint density at radius 1 is 1.29 bits per heavy atom. The molecule has 1 unspecified atom stereocenters.